The van der Waals surface area contributed by atoms with Crippen LogP contribution in [-0.2, 0) is 10.6 Å². The first kappa shape index (κ1) is 101. The van der Waals surface area contributed by atoms with Gasteiger partial charge in [0.1, 0.15) is 52.8 Å². The zero-order chi connectivity index (χ0) is 78.3. The number of ether oxygens (including phenoxy) is 3. The predicted molar refractivity (Wildman–Crippen MR) is 445 cm³/mol. The molecule has 0 aliphatic carbocycles. The summed E-state index contributed by atoms with van der Waals surface area (Å²) in [4.78, 5) is 80.1. The number of aliphatic imine (C=N–C) groups is 2. The maximum atomic E-state index is 12.1. The number of hydroxylamine groups is 3. The van der Waals surface area contributed by atoms with E-state index in [1.54, 1.807) is 110 Å². The van der Waals surface area contributed by atoms with E-state index in [9.17, 15) is 24.3 Å². The number of carbonyl (C=O) groups is 4. The van der Waals surface area contributed by atoms with Crippen LogP contribution >= 0.6 is 92.1 Å². The summed E-state index contributed by atoms with van der Waals surface area (Å²) in [5.41, 5.74) is 14.1. The molecule has 0 radical (unpaired) electrons. The van der Waals surface area contributed by atoms with E-state index in [1.807, 2.05) is 115 Å². The number of aldehydes is 1. The van der Waals surface area contributed by atoms with Crippen molar-refractivity contribution in [3.05, 3.63) is 304 Å². The molecule has 113 heavy (non-hydrogen) atoms. The molecule has 14 rings (SSSR count). The fourth-order valence-corrected chi connectivity index (χ4v) is 12.4. The van der Waals surface area contributed by atoms with Gasteiger partial charge >= 0.3 is 59.1 Å². The van der Waals surface area contributed by atoms with E-state index in [-0.39, 0.29) is 135 Å². The number of nitrogens with two attached hydrogens (primary N) is 1. The van der Waals surface area contributed by atoms with Crippen LogP contribution in [0, 0.1) is 11.5 Å². The first-order valence-electron chi connectivity index (χ1n) is 32.7. The Bertz CT molecular complexity index is 4920. The maximum Gasteiger partial charge on any atom is 1.00 e. The average molecular weight is 1910 g/mol. The predicted octanol–water partition coefficient (Wildman–Crippen LogP) is 11.9. The number of phenolic OH excluding ortho intramolecular Hbond substituents is 2. The number of fused-ring (bicyclic) bond motifs is 4. The normalized spacial score (nSPS) is 15.5. The maximum absolute atomic E-state index is 12.1. The Labute approximate surface area is 747 Å². The number of halogens is 6. The number of carbonyl (C=O) groups excluding carboxylic acids is 4. The van der Waals surface area contributed by atoms with Crippen molar-refractivity contribution in [2.75, 3.05) is 14.1 Å². The fourth-order valence-electron chi connectivity index (χ4n) is 10.1. The van der Waals surface area contributed by atoms with Gasteiger partial charge in [0.25, 0.3) is 0 Å². The van der Waals surface area contributed by atoms with Crippen molar-refractivity contribution in [3.63, 3.8) is 0 Å². The molecule has 34 heteroatoms. The van der Waals surface area contributed by atoms with E-state index in [0.717, 1.165) is 74.1 Å². The molecule has 0 fully saturated rings. The first-order valence-corrected chi connectivity index (χ1v) is 40.1. The number of allylic oxidation sites excluding steroid dienone is 1. The van der Waals surface area contributed by atoms with Gasteiger partial charge in [-0.2, -0.15) is 10.3 Å². The number of nitriles is 1. The zero-order valence-electron chi connectivity index (χ0n) is 62.3. The summed E-state index contributed by atoms with van der Waals surface area (Å²) in [5.74, 6) is 4.66. The SMILES string of the molecule is C=C=N[Si](C)(C)C.CC(=O)c1cc(Br)ccc1O.CN1OC2(CC(c3ccccn3)Oc3ccc(Br)cc32)N=C1N.CNO.Cl.N#CN=C1CC(c2ccccn2)Oc2ccc(Br)cc21.O=C(/C=C/c1ccccn1)c1cc(Br)ccc1O.O=C1CC(c2ccccn2)Oc2ccc(Br)cc21.O=Cc1ccccn1.[Na+].[Na+].[OH-].[OH-]. The van der Waals surface area contributed by atoms with Gasteiger partial charge in [-0.05, 0) is 203 Å². The van der Waals surface area contributed by atoms with E-state index >= 15 is 0 Å². The van der Waals surface area contributed by atoms with Crippen molar-refractivity contribution in [1.82, 2.24) is 35.5 Å². The number of hydrogen-bond donors (Lipinski definition) is 5. The number of pyridine rings is 5. The quantitative estimate of drug-likeness (QED) is 0.0170. The van der Waals surface area contributed by atoms with Crippen molar-refractivity contribution >= 4 is 148 Å². The van der Waals surface area contributed by atoms with Gasteiger partial charge in [0, 0.05) is 85.8 Å². The number of phenols is 2. The van der Waals surface area contributed by atoms with Crippen LogP contribution in [0.5, 0.6) is 28.7 Å². The largest absolute Gasteiger partial charge is 1.00 e. The molecule has 4 atom stereocenters. The van der Waals surface area contributed by atoms with Gasteiger partial charge < -0.3 is 46.3 Å². The molecule has 4 unspecified atom stereocenters. The molecule has 0 amide bonds. The number of nitrogens with zero attached hydrogens (tertiary/aromatic N) is 10. The van der Waals surface area contributed by atoms with Crippen LogP contribution in [0.1, 0.15) is 120 Å². The van der Waals surface area contributed by atoms with Crippen molar-refractivity contribution < 1.29 is 124 Å². The Kier molecular flexibility index (Phi) is 45.5. The van der Waals surface area contributed by atoms with Crippen LogP contribution in [0.2, 0.25) is 19.6 Å². The number of benzene rings is 5. The Balaban J connectivity index is 0.000000454. The van der Waals surface area contributed by atoms with E-state index in [2.05, 4.69) is 151 Å². The molecule has 1 spiro atoms. The number of aromatic nitrogens is 5. The molecule has 4 aliphatic rings. The molecule has 5 aromatic carbocycles. The molecule has 0 saturated carbocycles. The molecule has 25 nitrogen and oxygen atoms in total. The van der Waals surface area contributed by atoms with Crippen LogP contribution in [0.25, 0.3) is 6.08 Å². The van der Waals surface area contributed by atoms with E-state index < -0.39 is 14.0 Å². The molecule has 10 aromatic rings. The van der Waals surface area contributed by atoms with E-state index in [0.29, 0.717) is 53.5 Å². The van der Waals surface area contributed by atoms with Gasteiger partial charge in [-0.25, -0.2) is 20.4 Å². The summed E-state index contributed by atoms with van der Waals surface area (Å²) in [5, 5.41) is 36.5. The van der Waals surface area contributed by atoms with Gasteiger partial charge in [-0.3, -0.25) is 48.8 Å². The Morgan fingerprint density at radius 2 is 1.06 bits per heavy atom. The monoisotopic (exact) mass is 1900 g/mol. The number of nitrogens with one attached hydrogen (secondary N) is 1. The van der Waals surface area contributed by atoms with Gasteiger partial charge in [0.05, 0.1) is 57.2 Å². The standard InChI is InChI=1S/C16H15BrN4O2.C15H10BrN3O.2C14H10BrNO2.C8H7BrO2.C6H5NO.C5H11NSi.CH5NO.ClH.2Na.2H2O/c1-21-15(18)20-16(23-21)9-14(12-4-2-3-7-19-12)22-13-6-5-10(17)8-11(13)16;16-10-4-5-14-11(7-10)13(19-9-17)8-15(20-14)12-3-1-2-6-18-12;15-9-4-5-13-10(7-9)12(17)8-14(18-13)11-3-1-2-6-16-11;15-10-4-6-13(17)12(9-10)14(18)7-5-11-3-1-2-8-16-11;1-5(10)7-4-6(9)2-3-8(7)11;8-5-6-3-1-2-4-7-6;1-5-6-7(2,3)4;1-2-3;;;;;/h2-8,14H,9H2,1H3,(H2,18,20);1-7,15H,8H2;1-7,14H,8H2;1-9,17H;2-4,11H,1H3;1-5H;1H2,2-4H3;2-3H,1H3;1H;;;2*1H2/q;;;;;;;;;2*+1;;/p-2/b;;;7-5+;;;;;;;;;. The minimum atomic E-state index is -1.21. The first-order chi connectivity index (χ1) is 51.8. The Hall–Kier alpha value is -8.14. The summed E-state index contributed by atoms with van der Waals surface area (Å²) in [6.07, 6.45) is 14.6. The zero-order valence-corrected chi connectivity index (χ0v) is 76.1. The van der Waals surface area contributed by atoms with Crippen molar-refractivity contribution in [3.8, 4) is 34.9 Å². The van der Waals surface area contributed by atoms with Crippen LogP contribution in [0.4, 0.5) is 0 Å². The third kappa shape index (κ3) is 31.9. The van der Waals surface area contributed by atoms with Crippen molar-refractivity contribution in [2.45, 2.75) is 69.9 Å². The van der Waals surface area contributed by atoms with Gasteiger partial charge in [0.2, 0.25) is 17.9 Å². The molecular weight excluding hydrogens is 1830 g/mol. The number of ketones is 3. The number of rotatable bonds is 9. The Morgan fingerprint density at radius 1 is 0.637 bits per heavy atom. The second-order valence-electron chi connectivity index (χ2n) is 23.9. The fraction of sp³-hybridized carbons (Fsp3) is 0.165. The van der Waals surface area contributed by atoms with Crippen LogP contribution in [-0.4, -0.2) is 120 Å². The van der Waals surface area contributed by atoms with Gasteiger partial charge in [-0.1, -0.05) is 110 Å². The second-order valence-corrected chi connectivity index (χ2v) is 33.1. The smallest absolute Gasteiger partial charge is 0.870 e. The molecule has 5 aromatic heterocycles. The number of Topliss-reactive ketones (excluding diaryl/α,β-unsaturated/α-hetero) is 2. The molecule has 8 N–H and O–H groups in total. The van der Waals surface area contributed by atoms with E-state index in [1.165, 1.54) is 37.2 Å². The molecule has 9 heterocycles. The van der Waals surface area contributed by atoms with Crippen molar-refractivity contribution in [1.29, 1.82) is 5.26 Å². The summed E-state index contributed by atoms with van der Waals surface area (Å²) in [6.45, 7) is 11.2. The van der Waals surface area contributed by atoms with Crippen LogP contribution in [0.15, 0.2) is 263 Å². The molecular formula is C79H76Br5ClN12Na2O13Si. The molecule has 4 aliphatic heterocycles. The number of aromatic hydroxyl groups is 2. The summed E-state index contributed by atoms with van der Waals surface area (Å²) < 4.78 is 26.3. The minimum absolute atomic E-state index is 0. The third-order valence-corrected chi connectivity index (χ3v) is 18.2. The molecule has 578 valence electrons. The van der Waals surface area contributed by atoms with Crippen LogP contribution in [0.3, 0.4) is 0 Å². The second kappa shape index (κ2) is 50.9. The van der Waals surface area contributed by atoms with E-state index in [4.69, 9.17) is 40.4 Å². The van der Waals surface area contributed by atoms with Gasteiger partial charge in [0.15, 0.2) is 31.9 Å². The number of guanidine groups is 1. The van der Waals surface area contributed by atoms with Crippen molar-refractivity contribution in [2.24, 2.45) is 20.4 Å². The average Bonchev–Trinajstić information content (AvgIpc) is 1.72. The third-order valence-electron chi connectivity index (χ3n) is 14.9. The summed E-state index contributed by atoms with van der Waals surface area (Å²) >= 11 is 16.7. The Morgan fingerprint density at radius 3 is 1.49 bits per heavy atom. The topological polar surface area (TPSA) is 392 Å². The van der Waals surface area contributed by atoms with Gasteiger partial charge in [-0.15, -0.1) is 12.4 Å². The van der Waals surface area contributed by atoms with Crippen LogP contribution < -0.4 is 84.5 Å². The molecule has 0 saturated heterocycles. The molecule has 0 bridgehead atoms. The summed E-state index contributed by atoms with van der Waals surface area (Å²) in [7, 11) is 1.97. The number of hydrogen-bond acceptors (Lipinski definition) is 25. The minimum Gasteiger partial charge on any atom is -0.870 e. The summed E-state index contributed by atoms with van der Waals surface area (Å²) in [6, 6.07) is 54.2.